The van der Waals surface area contributed by atoms with E-state index in [-0.39, 0.29) is 34.3 Å². The van der Waals surface area contributed by atoms with E-state index in [2.05, 4.69) is 61.2 Å². The summed E-state index contributed by atoms with van der Waals surface area (Å²) in [6.07, 6.45) is 0.614. The van der Waals surface area contributed by atoms with Gasteiger partial charge < -0.3 is 14.9 Å². The molecular weight excluding hydrogens is 340 g/mol. The van der Waals surface area contributed by atoms with Crippen molar-refractivity contribution in [2.75, 3.05) is 82.2 Å². The molecule has 0 aromatic rings. The number of aliphatic hydroxyl groups excluding tert-OH is 1. The highest BCUT2D eigenvalue weighted by Gasteiger charge is 2.31. The summed E-state index contributed by atoms with van der Waals surface area (Å²) in [5.41, 5.74) is 0.549. The van der Waals surface area contributed by atoms with E-state index in [1.54, 1.807) is 6.92 Å². The number of nitrogens with zero attached hydrogens (tertiary/aromatic N) is 3. The molecule has 0 aromatic heterocycles. The normalized spacial score (nSPS) is 12.8. The molecule has 1 atom stereocenters. The number of amides is 1. The van der Waals surface area contributed by atoms with Crippen LogP contribution in [0.3, 0.4) is 0 Å². The highest BCUT2D eigenvalue weighted by Crippen LogP contribution is 2.10. The quantitative estimate of drug-likeness (QED) is 0.245. The van der Waals surface area contributed by atoms with Gasteiger partial charge in [-0.15, -0.1) is 0 Å². The highest BCUT2D eigenvalue weighted by atomic mass is 16.3. The van der Waals surface area contributed by atoms with Gasteiger partial charge in [0.25, 0.3) is 0 Å². The van der Waals surface area contributed by atoms with Crippen molar-refractivity contribution in [2.45, 2.75) is 41.7 Å². The number of nitrogens with one attached hydrogen (secondary N) is 1. The predicted octanol–water partition coefficient (Wildman–Crippen LogP) is 2.15. The lowest BCUT2D eigenvalue weighted by Gasteiger charge is -2.40. The third-order valence-electron chi connectivity index (χ3n) is 3.84. The summed E-state index contributed by atoms with van der Waals surface area (Å²) < 4.78 is 2.39. The minimum Gasteiger partial charge on any atom is -0.382 e. The largest absolute Gasteiger partial charge is 0.382 e. The number of carbonyl (C=O) groups is 1. The first-order valence-corrected chi connectivity index (χ1v) is 8.70. The van der Waals surface area contributed by atoms with E-state index in [4.69, 9.17) is 0 Å². The Balaban J connectivity index is -0.000000882. The molecule has 0 aromatic carbocycles. The standard InChI is InChI=1S/C18H40N4O2.3CH4/c1-16(2)18(24)19-11-10-12-21(6,7)15-22(8,9)14-17(23)13-20(3,4)5;;;/h17,23H,1,10-15H2,2-9H3;3*1H4/q+2;;;/p+1. The topological polar surface area (TPSA) is 49.3 Å². The Morgan fingerprint density at radius 3 is 1.85 bits per heavy atom. The maximum atomic E-state index is 11.5. The van der Waals surface area contributed by atoms with Gasteiger partial charge in [0.15, 0.2) is 6.10 Å². The fourth-order valence-corrected chi connectivity index (χ4v) is 3.29. The predicted molar refractivity (Wildman–Crippen MR) is 120 cm³/mol. The molecule has 1 unspecified atom stereocenters. The summed E-state index contributed by atoms with van der Waals surface area (Å²) in [6, 6.07) is 0. The second-order valence-electron chi connectivity index (χ2n) is 9.44. The highest BCUT2D eigenvalue weighted by molar-refractivity contribution is 5.91. The molecule has 0 radical (unpaired) electrons. The smallest absolute Gasteiger partial charge is 0.246 e. The maximum Gasteiger partial charge on any atom is 0.246 e. The van der Waals surface area contributed by atoms with Crippen LogP contribution in [-0.4, -0.2) is 113 Å². The van der Waals surface area contributed by atoms with Crippen LogP contribution in [0.5, 0.6) is 0 Å². The SMILES string of the molecule is C.C.C.C=C(C)C(=O)NCCC[N+](C)(C)C[N+](C)(C)CC(O)C[N+](C)(C)C. The fourth-order valence-electron chi connectivity index (χ4n) is 3.29. The number of hydrogen-bond acceptors (Lipinski definition) is 2. The molecule has 0 saturated carbocycles. The van der Waals surface area contributed by atoms with Crippen LogP contribution in [0, 0.1) is 0 Å². The van der Waals surface area contributed by atoms with Crippen LogP contribution < -0.4 is 5.32 Å². The average molecular weight is 394 g/mol. The van der Waals surface area contributed by atoms with Crippen molar-refractivity contribution in [1.82, 2.24) is 5.32 Å². The zero-order chi connectivity index (χ0) is 19.2. The molecule has 27 heavy (non-hydrogen) atoms. The van der Waals surface area contributed by atoms with Gasteiger partial charge in [0.2, 0.25) is 12.6 Å². The summed E-state index contributed by atoms with van der Waals surface area (Å²) in [6.45, 7) is 9.43. The van der Waals surface area contributed by atoms with Gasteiger partial charge in [0, 0.05) is 18.5 Å². The summed E-state index contributed by atoms with van der Waals surface area (Å²) in [5, 5.41) is 13.2. The van der Waals surface area contributed by atoms with Crippen LogP contribution in [0.4, 0.5) is 0 Å². The van der Waals surface area contributed by atoms with E-state index in [1.165, 1.54) is 0 Å². The lowest BCUT2D eigenvalue weighted by molar-refractivity contribution is -1.07. The van der Waals surface area contributed by atoms with Gasteiger partial charge in [0.1, 0.15) is 13.1 Å². The van der Waals surface area contributed by atoms with Crippen LogP contribution in [0.1, 0.15) is 35.6 Å². The summed E-state index contributed by atoms with van der Waals surface area (Å²) >= 11 is 0. The Kier molecular flexibility index (Phi) is 16.5. The zero-order valence-corrected chi connectivity index (χ0v) is 17.2. The van der Waals surface area contributed by atoms with Gasteiger partial charge in [-0.2, -0.15) is 0 Å². The zero-order valence-electron chi connectivity index (χ0n) is 17.2. The Hall–Kier alpha value is -0.950. The van der Waals surface area contributed by atoms with E-state index in [1.807, 2.05) is 0 Å². The van der Waals surface area contributed by atoms with Gasteiger partial charge in [0.05, 0.1) is 55.9 Å². The maximum absolute atomic E-state index is 11.5. The monoisotopic (exact) mass is 393 g/mol. The molecule has 0 rings (SSSR count). The van der Waals surface area contributed by atoms with Crippen LogP contribution in [0.25, 0.3) is 0 Å². The lowest BCUT2D eigenvalue weighted by atomic mass is 10.2. The minimum atomic E-state index is -0.310. The van der Waals surface area contributed by atoms with Gasteiger partial charge >= 0.3 is 0 Å². The molecule has 6 heteroatoms. The number of likely N-dealkylation sites (N-methyl/N-ethyl adjacent to an activating group) is 2. The molecule has 0 fully saturated rings. The number of hydrogen-bond donors (Lipinski definition) is 2. The van der Waals surface area contributed by atoms with E-state index < -0.39 is 0 Å². The first-order valence-electron chi connectivity index (χ1n) is 8.70. The molecule has 0 saturated heterocycles. The van der Waals surface area contributed by atoms with Crippen molar-refractivity contribution in [1.29, 1.82) is 0 Å². The van der Waals surface area contributed by atoms with E-state index in [0.717, 1.165) is 46.2 Å². The fraction of sp³-hybridized carbons (Fsp3) is 0.857. The van der Waals surface area contributed by atoms with Crippen molar-refractivity contribution < 1.29 is 23.4 Å². The molecule has 0 aliphatic carbocycles. The van der Waals surface area contributed by atoms with Gasteiger partial charge in [-0.05, 0) is 6.92 Å². The van der Waals surface area contributed by atoms with Crippen molar-refractivity contribution in [3.8, 4) is 0 Å². The lowest BCUT2D eigenvalue weighted by Crippen LogP contribution is -2.59. The Morgan fingerprint density at radius 1 is 0.963 bits per heavy atom. The van der Waals surface area contributed by atoms with Crippen LogP contribution >= 0.6 is 0 Å². The molecule has 166 valence electrons. The molecule has 1 amide bonds. The van der Waals surface area contributed by atoms with Crippen LogP contribution in [0.15, 0.2) is 12.2 Å². The Morgan fingerprint density at radius 2 is 1.44 bits per heavy atom. The van der Waals surface area contributed by atoms with Crippen LogP contribution in [-0.2, 0) is 4.79 Å². The third kappa shape index (κ3) is 18.2. The minimum absolute atomic E-state index is 0. The molecule has 0 aliphatic rings. The molecule has 6 nitrogen and oxygen atoms in total. The third-order valence-corrected chi connectivity index (χ3v) is 3.84. The van der Waals surface area contributed by atoms with Crippen molar-refractivity contribution in [2.24, 2.45) is 0 Å². The first-order chi connectivity index (χ1) is 10.6. The van der Waals surface area contributed by atoms with Crippen molar-refractivity contribution >= 4 is 5.91 Å². The number of carbonyl (C=O) groups excluding carboxylic acids is 1. The van der Waals surface area contributed by atoms with Gasteiger partial charge in [-0.1, -0.05) is 28.9 Å². The number of quaternary nitrogens is 3. The summed E-state index contributed by atoms with van der Waals surface area (Å²) in [7, 11) is 15.0. The van der Waals surface area contributed by atoms with Crippen LogP contribution in [0.2, 0.25) is 0 Å². The molecule has 0 aliphatic heterocycles. The van der Waals surface area contributed by atoms with Crippen molar-refractivity contribution in [3.63, 3.8) is 0 Å². The Labute approximate surface area is 171 Å². The molecule has 0 spiro atoms. The number of rotatable bonds is 11. The van der Waals surface area contributed by atoms with Gasteiger partial charge in [-0.3, -0.25) is 13.8 Å². The van der Waals surface area contributed by atoms with E-state index >= 15 is 0 Å². The molecule has 2 N–H and O–H groups in total. The second kappa shape index (κ2) is 13.3. The van der Waals surface area contributed by atoms with E-state index in [9.17, 15) is 9.90 Å². The average Bonchev–Trinajstić information content (AvgIpc) is 2.28. The molecule has 0 heterocycles. The number of aliphatic hydroxyl groups is 1. The molecule has 0 bridgehead atoms. The first kappa shape index (κ1) is 33.6. The summed E-state index contributed by atoms with van der Waals surface area (Å²) in [4.78, 5) is 11.5. The summed E-state index contributed by atoms with van der Waals surface area (Å²) in [5.74, 6) is -0.0696. The Bertz CT molecular complexity index is 426. The second-order valence-corrected chi connectivity index (χ2v) is 9.44. The molecular formula is C21H53N4O2+3. The van der Waals surface area contributed by atoms with Crippen molar-refractivity contribution in [3.05, 3.63) is 12.2 Å². The van der Waals surface area contributed by atoms with Gasteiger partial charge in [-0.25, -0.2) is 0 Å². The van der Waals surface area contributed by atoms with E-state index in [0.29, 0.717) is 12.1 Å².